The van der Waals surface area contributed by atoms with E-state index in [4.69, 9.17) is 0 Å². The molecule has 1 atom stereocenters. The van der Waals surface area contributed by atoms with E-state index in [0.717, 1.165) is 24.3 Å². The normalized spacial score (nSPS) is 13.7. The van der Waals surface area contributed by atoms with Crippen LogP contribution in [0.25, 0.3) is 0 Å². The van der Waals surface area contributed by atoms with Crippen LogP contribution in [0, 0.1) is 0 Å². The smallest absolute Gasteiger partial charge is 0.416 e. The fraction of sp³-hybridized carbons (Fsp3) is 0.143. The quantitative estimate of drug-likeness (QED) is 0.780. The van der Waals surface area contributed by atoms with Gasteiger partial charge in [-0.15, -0.1) is 0 Å². The summed E-state index contributed by atoms with van der Waals surface area (Å²) in [4.78, 5) is 0. The summed E-state index contributed by atoms with van der Waals surface area (Å²) in [6.45, 7) is 0. The van der Waals surface area contributed by atoms with Crippen molar-refractivity contribution in [1.82, 2.24) is 0 Å². The van der Waals surface area contributed by atoms with Crippen molar-refractivity contribution in [3.8, 4) is 0 Å². The Balaban J connectivity index is 2.84. The number of hydrogen-bond donors (Lipinski definition) is 1. The molecule has 0 bridgehead atoms. The van der Waals surface area contributed by atoms with Crippen LogP contribution in [0.15, 0.2) is 24.3 Å². The summed E-state index contributed by atoms with van der Waals surface area (Å²) >= 11 is -2.53. The van der Waals surface area contributed by atoms with Gasteiger partial charge in [0.2, 0.25) is 0 Å². The summed E-state index contributed by atoms with van der Waals surface area (Å²) in [5, 5.41) is 0. The van der Waals surface area contributed by atoms with Gasteiger partial charge in [0.25, 0.3) is 0 Å². The van der Waals surface area contributed by atoms with Gasteiger partial charge in [0.1, 0.15) is 0 Å². The van der Waals surface area contributed by atoms with E-state index in [9.17, 15) is 21.9 Å². The van der Waals surface area contributed by atoms with Gasteiger partial charge in [-0.05, 0) is 24.3 Å². The first-order chi connectivity index (χ1) is 6.39. The third kappa shape index (κ3) is 3.00. The van der Waals surface area contributed by atoms with Gasteiger partial charge in [-0.1, -0.05) is 0 Å². The van der Waals surface area contributed by atoms with Crippen LogP contribution in [0.5, 0.6) is 0 Å². The largest absolute Gasteiger partial charge is 0.755 e. The molecule has 0 aliphatic heterocycles. The van der Waals surface area contributed by atoms with Crippen LogP contribution in [0.1, 0.15) is 5.56 Å². The molecule has 0 aliphatic carbocycles. The van der Waals surface area contributed by atoms with Crippen LogP contribution in [-0.4, -0.2) is 8.76 Å². The summed E-state index contributed by atoms with van der Waals surface area (Å²) in [5.74, 6) is 0. The molecule has 1 N–H and O–H groups in total. The number of rotatable bonds is 2. The van der Waals surface area contributed by atoms with Crippen LogP contribution in [0.2, 0.25) is 0 Å². The molecule has 0 spiro atoms. The van der Waals surface area contributed by atoms with E-state index in [2.05, 4.69) is 0 Å². The molecule has 0 amide bonds. The van der Waals surface area contributed by atoms with E-state index in [0.29, 0.717) is 0 Å². The Labute approximate surface area is 80.4 Å². The van der Waals surface area contributed by atoms with E-state index in [1.54, 1.807) is 0 Å². The first-order valence-electron chi connectivity index (χ1n) is 3.43. The minimum absolute atomic E-state index is 0.0892. The fourth-order valence-corrected chi connectivity index (χ4v) is 1.15. The summed E-state index contributed by atoms with van der Waals surface area (Å²) < 4.78 is 58.3. The average molecular weight is 224 g/mol. The third-order valence-corrected chi connectivity index (χ3v) is 1.82. The monoisotopic (exact) mass is 224 g/mol. The Morgan fingerprint density at radius 2 is 1.71 bits per heavy atom. The number of alkyl halides is 3. The van der Waals surface area contributed by atoms with E-state index >= 15 is 0 Å². The lowest BCUT2D eigenvalue weighted by Crippen LogP contribution is -2.06. The maximum Gasteiger partial charge on any atom is 0.416 e. The summed E-state index contributed by atoms with van der Waals surface area (Å²) in [6, 6.07) is 3.68. The molecule has 7 heteroatoms. The molecule has 0 aliphatic rings. The SMILES string of the molecule is O=S([O-])Nc1ccc(C(F)(F)F)cc1. The Bertz CT molecular complexity index is 336. The molecule has 14 heavy (non-hydrogen) atoms. The van der Waals surface area contributed by atoms with Gasteiger partial charge < -0.3 is 9.27 Å². The molecule has 0 heterocycles. The Morgan fingerprint density at radius 1 is 1.21 bits per heavy atom. The van der Waals surface area contributed by atoms with Crippen molar-refractivity contribution in [2.75, 3.05) is 4.72 Å². The number of anilines is 1. The summed E-state index contributed by atoms with van der Waals surface area (Å²) in [6.07, 6.45) is -4.41. The highest BCUT2D eigenvalue weighted by Gasteiger charge is 2.29. The van der Waals surface area contributed by atoms with Gasteiger partial charge in [0, 0.05) is 17.0 Å². The summed E-state index contributed by atoms with van der Waals surface area (Å²) in [5.41, 5.74) is -0.730. The molecule has 1 aromatic rings. The van der Waals surface area contributed by atoms with E-state index in [1.165, 1.54) is 0 Å². The minimum atomic E-state index is -4.41. The maximum absolute atomic E-state index is 12.0. The molecule has 0 aromatic heterocycles. The zero-order valence-electron chi connectivity index (χ0n) is 6.67. The van der Waals surface area contributed by atoms with Crippen LogP contribution >= 0.6 is 0 Å². The zero-order valence-corrected chi connectivity index (χ0v) is 7.48. The highest BCUT2D eigenvalue weighted by molar-refractivity contribution is 7.80. The highest BCUT2D eigenvalue weighted by atomic mass is 32.2. The second-order valence-electron chi connectivity index (χ2n) is 2.41. The Hall–Kier alpha value is -1.08. The van der Waals surface area contributed by atoms with E-state index < -0.39 is 23.0 Å². The number of benzene rings is 1. The van der Waals surface area contributed by atoms with Gasteiger partial charge in [-0.2, -0.15) is 13.2 Å². The van der Waals surface area contributed by atoms with Crippen LogP contribution in [0.4, 0.5) is 18.9 Å². The second kappa shape index (κ2) is 3.97. The van der Waals surface area contributed by atoms with Crippen molar-refractivity contribution in [3.63, 3.8) is 0 Å². The van der Waals surface area contributed by atoms with Crippen molar-refractivity contribution >= 4 is 17.0 Å². The molecule has 0 fully saturated rings. The van der Waals surface area contributed by atoms with Gasteiger partial charge in [0.05, 0.1) is 5.56 Å². The van der Waals surface area contributed by atoms with Gasteiger partial charge in [-0.3, -0.25) is 4.21 Å². The number of halogens is 3. The van der Waals surface area contributed by atoms with Crippen molar-refractivity contribution < 1.29 is 21.9 Å². The minimum Gasteiger partial charge on any atom is -0.755 e. The van der Waals surface area contributed by atoms with E-state index in [1.807, 2.05) is 4.72 Å². The van der Waals surface area contributed by atoms with Crippen LogP contribution in [0.3, 0.4) is 0 Å². The number of nitrogens with one attached hydrogen (secondary N) is 1. The van der Waals surface area contributed by atoms with Crippen molar-refractivity contribution in [2.45, 2.75) is 6.18 Å². The summed E-state index contributed by atoms with van der Waals surface area (Å²) in [7, 11) is 0. The topological polar surface area (TPSA) is 52.2 Å². The lowest BCUT2D eigenvalue weighted by molar-refractivity contribution is -0.137. The van der Waals surface area contributed by atoms with Crippen LogP contribution in [-0.2, 0) is 17.4 Å². The molecule has 1 unspecified atom stereocenters. The first-order valence-corrected chi connectivity index (χ1v) is 4.50. The van der Waals surface area contributed by atoms with Gasteiger partial charge in [-0.25, -0.2) is 0 Å². The molecular formula is C7H5F3NO2S-. The van der Waals surface area contributed by atoms with Crippen molar-refractivity contribution in [3.05, 3.63) is 29.8 Å². The molecule has 1 rings (SSSR count). The van der Waals surface area contributed by atoms with Crippen molar-refractivity contribution in [1.29, 1.82) is 0 Å². The predicted octanol–water partition coefficient (Wildman–Crippen LogP) is 1.91. The lowest BCUT2D eigenvalue weighted by Gasteiger charge is -2.10. The number of hydrogen-bond acceptors (Lipinski definition) is 2. The average Bonchev–Trinajstić information content (AvgIpc) is 2.02. The molecule has 0 saturated heterocycles. The van der Waals surface area contributed by atoms with Crippen molar-refractivity contribution in [2.24, 2.45) is 0 Å². The fourth-order valence-electron chi connectivity index (χ4n) is 0.823. The maximum atomic E-state index is 12.0. The van der Waals surface area contributed by atoms with Crippen LogP contribution < -0.4 is 4.72 Å². The first kappa shape index (κ1) is 11.0. The van der Waals surface area contributed by atoms with E-state index in [-0.39, 0.29) is 5.69 Å². The molecule has 3 nitrogen and oxygen atoms in total. The third-order valence-electron chi connectivity index (χ3n) is 1.41. The predicted molar refractivity (Wildman–Crippen MR) is 44.0 cm³/mol. The zero-order chi connectivity index (χ0) is 10.8. The lowest BCUT2D eigenvalue weighted by atomic mass is 10.2. The Morgan fingerprint density at radius 3 is 2.07 bits per heavy atom. The Kier molecular flexibility index (Phi) is 3.12. The molecule has 1 aromatic carbocycles. The molecule has 0 saturated carbocycles. The van der Waals surface area contributed by atoms with Gasteiger partial charge >= 0.3 is 6.18 Å². The second-order valence-corrected chi connectivity index (χ2v) is 3.09. The molecule has 0 radical (unpaired) electrons. The highest BCUT2D eigenvalue weighted by Crippen LogP contribution is 2.29. The molecular weight excluding hydrogens is 219 g/mol. The molecule has 78 valence electrons. The standard InChI is InChI=1S/C7H6F3NO2S/c8-7(9,10)5-1-3-6(4-2-5)11-14(12)13/h1-4,11H,(H,12,13)/p-1. The van der Waals surface area contributed by atoms with Gasteiger partial charge in [0.15, 0.2) is 0 Å².